The maximum atomic E-state index is 2.52. The second kappa shape index (κ2) is 14.2. The number of rotatable bonds is 6. The first-order valence-corrected chi connectivity index (χ1v) is 22.4. The molecule has 0 radical (unpaired) electrons. The SMILES string of the molecule is C1=CCCC(c2ccc(-n3c4ccc(C5(c6ccccc6)c6ccccc6-c6ccccc65)cc4c4ccc(C5C=Cc6c(n(-c7ccccc7)c7ccccc67)C5)cc43)cc2)=C1. The van der Waals surface area contributed by atoms with Gasteiger partial charge in [-0.2, -0.15) is 0 Å². The van der Waals surface area contributed by atoms with Crippen molar-refractivity contribution in [3.05, 3.63) is 263 Å². The average molecular weight is 805 g/mol. The summed E-state index contributed by atoms with van der Waals surface area (Å²) < 4.78 is 5.00. The van der Waals surface area contributed by atoms with Crippen molar-refractivity contribution < 1.29 is 0 Å². The van der Waals surface area contributed by atoms with Crippen molar-refractivity contribution in [2.24, 2.45) is 0 Å². The van der Waals surface area contributed by atoms with E-state index < -0.39 is 5.41 Å². The fourth-order valence-corrected chi connectivity index (χ4v) is 11.5. The molecular formula is C61H44N2. The Balaban J connectivity index is 1.02. The molecule has 3 aliphatic carbocycles. The molecule has 10 aromatic rings. The highest BCUT2D eigenvalue weighted by Crippen LogP contribution is 2.56. The van der Waals surface area contributed by atoms with Crippen LogP contribution in [0.4, 0.5) is 0 Å². The zero-order chi connectivity index (χ0) is 41.5. The number of benzene rings is 8. The minimum Gasteiger partial charge on any atom is -0.313 e. The first kappa shape index (κ1) is 36.0. The van der Waals surface area contributed by atoms with Gasteiger partial charge in [-0.15, -0.1) is 0 Å². The fraction of sp³-hybridized carbons (Fsp3) is 0.0820. The molecular weight excluding hydrogens is 761 g/mol. The molecule has 0 amide bonds. The lowest BCUT2D eigenvalue weighted by molar-refractivity contribution is 0.770. The van der Waals surface area contributed by atoms with Gasteiger partial charge in [-0.05, 0) is 118 Å². The van der Waals surface area contributed by atoms with Crippen LogP contribution >= 0.6 is 0 Å². The second-order valence-electron chi connectivity index (χ2n) is 17.5. The second-order valence-corrected chi connectivity index (χ2v) is 17.5. The number of para-hydroxylation sites is 2. The van der Waals surface area contributed by atoms with Crippen LogP contribution in [0.3, 0.4) is 0 Å². The molecule has 298 valence electrons. The van der Waals surface area contributed by atoms with Gasteiger partial charge in [0, 0.05) is 44.7 Å². The summed E-state index contributed by atoms with van der Waals surface area (Å²) in [5.41, 5.74) is 20.2. The Morgan fingerprint density at radius 2 is 1.17 bits per heavy atom. The number of hydrogen-bond acceptors (Lipinski definition) is 0. The number of allylic oxidation sites excluding steroid dienone is 5. The summed E-state index contributed by atoms with van der Waals surface area (Å²) in [5, 5.41) is 3.84. The van der Waals surface area contributed by atoms with E-state index in [0.29, 0.717) is 0 Å². The lowest BCUT2D eigenvalue weighted by Crippen LogP contribution is -2.28. The van der Waals surface area contributed by atoms with E-state index in [1.165, 1.54) is 105 Å². The van der Waals surface area contributed by atoms with Crippen molar-refractivity contribution in [3.63, 3.8) is 0 Å². The third-order valence-corrected chi connectivity index (χ3v) is 14.3. The lowest BCUT2D eigenvalue weighted by Gasteiger charge is -2.34. The number of nitrogens with zero attached hydrogens (tertiary/aromatic N) is 2. The summed E-state index contributed by atoms with van der Waals surface area (Å²) in [7, 11) is 0. The Morgan fingerprint density at radius 1 is 0.492 bits per heavy atom. The molecule has 1 unspecified atom stereocenters. The van der Waals surface area contributed by atoms with Crippen molar-refractivity contribution >= 4 is 44.4 Å². The van der Waals surface area contributed by atoms with E-state index in [9.17, 15) is 0 Å². The van der Waals surface area contributed by atoms with Crippen LogP contribution in [0.2, 0.25) is 0 Å². The van der Waals surface area contributed by atoms with Gasteiger partial charge < -0.3 is 9.13 Å². The van der Waals surface area contributed by atoms with Gasteiger partial charge in [-0.1, -0.05) is 176 Å². The Bertz CT molecular complexity index is 3470. The van der Waals surface area contributed by atoms with E-state index in [2.05, 4.69) is 234 Å². The molecule has 8 aromatic carbocycles. The summed E-state index contributed by atoms with van der Waals surface area (Å²) in [4.78, 5) is 0. The van der Waals surface area contributed by atoms with Gasteiger partial charge in [0.2, 0.25) is 0 Å². The van der Waals surface area contributed by atoms with Gasteiger partial charge in [0.15, 0.2) is 0 Å². The highest BCUT2D eigenvalue weighted by Gasteiger charge is 2.46. The molecule has 0 fully saturated rings. The van der Waals surface area contributed by atoms with E-state index in [0.717, 1.165) is 19.3 Å². The number of fused-ring (bicyclic) bond motifs is 9. The van der Waals surface area contributed by atoms with Crippen LogP contribution in [0, 0.1) is 0 Å². The Hall–Kier alpha value is -7.68. The molecule has 0 N–H and O–H groups in total. The van der Waals surface area contributed by atoms with Crippen LogP contribution in [-0.4, -0.2) is 9.13 Å². The fourth-order valence-electron chi connectivity index (χ4n) is 11.5. The Kier molecular flexibility index (Phi) is 8.11. The zero-order valence-corrected chi connectivity index (χ0v) is 35.0. The van der Waals surface area contributed by atoms with E-state index >= 15 is 0 Å². The normalized spacial score (nSPS) is 16.0. The highest BCUT2D eigenvalue weighted by atomic mass is 15.0. The molecule has 0 bridgehead atoms. The standard InChI is InChI=1S/C61H44N2/c1-4-16-41(17-5-1)42-28-33-48(34-29-42)63-58-37-32-46(61(45-18-6-2-7-19-45)55-25-13-10-22-49(55)50-23-11-14-26-56(50)61)40-54(58)53-36-31-44(39-60(53)63)43-30-35-52-51-24-12-15-27-57(51)62(59(52)38-43)47-20-8-3-9-21-47/h1-4,6-16,18-37,39-40,43H,5,17,38H2. The molecule has 0 saturated carbocycles. The van der Waals surface area contributed by atoms with Crippen LogP contribution in [-0.2, 0) is 11.8 Å². The molecule has 63 heavy (non-hydrogen) atoms. The van der Waals surface area contributed by atoms with E-state index in [1.54, 1.807) is 0 Å². The molecule has 2 heteroatoms. The van der Waals surface area contributed by atoms with Gasteiger partial charge in [0.1, 0.15) is 0 Å². The molecule has 2 aromatic heterocycles. The number of aromatic nitrogens is 2. The number of hydrogen-bond donors (Lipinski definition) is 0. The first-order valence-electron chi connectivity index (χ1n) is 22.4. The topological polar surface area (TPSA) is 9.86 Å². The van der Waals surface area contributed by atoms with Crippen LogP contribution in [0.25, 0.3) is 66.9 Å². The predicted molar refractivity (Wildman–Crippen MR) is 263 cm³/mol. The van der Waals surface area contributed by atoms with Crippen LogP contribution in [0.5, 0.6) is 0 Å². The smallest absolute Gasteiger partial charge is 0.0713 e. The summed E-state index contributed by atoms with van der Waals surface area (Å²) in [6.45, 7) is 0. The largest absolute Gasteiger partial charge is 0.313 e. The minimum atomic E-state index is -0.470. The van der Waals surface area contributed by atoms with Crippen molar-refractivity contribution in [1.82, 2.24) is 9.13 Å². The van der Waals surface area contributed by atoms with Crippen molar-refractivity contribution in [3.8, 4) is 22.5 Å². The molecule has 0 spiro atoms. The van der Waals surface area contributed by atoms with Gasteiger partial charge in [0.05, 0.1) is 22.0 Å². The third-order valence-electron chi connectivity index (χ3n) is 14.3. The highest BCUT2D eigenvalue weighted by molar-refractivity contribution is 6.10. The average Bonchev–Trinajstić information content (AvgIpc) is 3.98. The van der Waals surface area contributed by atoms with Gasteiger partial charge in [-0.3, -0.25) is 0 Å². The molecule has 0 saturated heterocycles. The van der Waals surface area contributed by atoms with E-state index in [-0.39, 0.29) is 5.92 Å². The van der Waals surface area contributed by atoms with Gasteiger partial charge in [-0.25, -0.2) is 0 Å². The van der Waals surface area contributed by atoms with Gasteiger partial charge in [0.25, 0.3) is 0 Å². The van der Waals surface area contributed by atoms with Crippen molar-refractivity contribution in [2.45, 2.75) is 30.6 Å². The Labute approximate surface area is 368 Å². The lowest BCUT2D eigenvalue weighted by atomic mass is 9.67. The van der Waals surface area contributed by atoms with E-state index in [4.69, 9.17) is 0 Å². The molecule has 1 atom stereocenters. The summed E-state index contributed by atoms with van der Waals surface area (Å²) in [6.07, 6.45) is 14.6. The maximum absolute atomic E-state index is 2.52. The van der Waals surface area contributed by atoms with Crippen LogP contribution < -0.4 is 0 Å². The Morgan fingerprint density at radius 3 is 1.94 bits per heavy atom. The predicted octanol–water partition coefficient (Wildman–Crippen LogP) is 15.2. The molecule has 2 nitrogen and oxygen atoms in total. The summed E-state index contributed by atoms with van der Waals surface area (Å²) >= 11 is 0. The monoisotopic (exact) mass is 804 g/mol. The molecule has 13 rings (SSSR count). The van der Waals surface area contributed by atoms with Crippen LogP contribution in [0.1, 0.15) is 63.4 Å². The zero-order valence-electron chi connectivity index (χ0n) is 35.0. The minimum absolute atomic E-state index is 0.220. The quantitative estimate of drug-likeness (QED) is 0.158. The summed E-state index contributed by atoms with van der Waals surface area (Å²) in [5.74, 6) is 0.220. The third kappa shape index (κ3) is 5.38. The molecule has 0 aliphatic heterocycles. The molecule has 3 aliphatic rings. The van der Waals surface area contributed by atoms with Crippen molar-refractivity contribution in [1.29, 1.82) is 0 Å². The van der Waals surface area contributed by atoms with Crippen molar-refractivity contribution in [2.75, 3.05) is 0 Å². The van der Waals surface area contributed by atoms with Gasteiger partial charge >= 0.3 is 0 Å². The van der Waals surface area contributed by atoms with E-state index in [1.807, 2.05) is 0 Å². The maximum Gasteiger partial charge on any atom is 0.0713 e. The summed E-state index contributed by atoms with van der Waals surface area (Å²) in [6, 6.07) is 72.9. The first-order chi connectivity index (χ1) is 31.3. The van der Waals surface area contributed by atoms with Crippen LogP contribution in [0.15, 0.2) is 218 Å². The molecule has 2 heterocycles.